The highest BCUT2D eigenvalue weighted by Crippen LogP contribution is 2.37. The summed E-state index contributed by atoms with van der Waals surface area (Å²) in [7, 11) is 1.40. The zero-order valence-corrected chi connectivity index (χ0v) is 22.3. The number of ether oxygens (including phenoxy) is 3. The van der Waals surface area contributed by atoms with E-state index in [-0.39, 0.29) is 23.6 Å². The van der Waals surface area contributed by atoms with Crippen molar-refractivity contribution in [3.8, 4) is 28.5 Å². The monoisotopic (exact) mass is 538 g/mol. The number of aromatic nitrogens is 3. The van der Waals surface area contributed by atoms with Crippen LogP contribution >= 0.6 is 11.6 Å². The molecule has 10 heteroatoms. The Bertz CT molecular complexity index is 1480. The summed E-state index contributed by atoms with van der Waals surface area (Å²) >= 11 is 6.59. The molecule has 0 bridgehead atoms. The summed E-state index contributed by atoms with van der Waals surface area (Å²) in [5, 5.41) is 6.19. The van der Waals surface area contributed by atoms with Gasteiger partial charge in [-0.1, -0.05) is 17.7 Å². The fourth-order valence-corrected chi connectivity index (χ4v) is 4.74. The zero-order chi connectivity index (χ0) is 27.0. The van der Waals surface area contributed by atoms with E-state index in [4.69, 9.17) is 30.9 Å². The van der Waals surface area contributed by atoms with Gasteiger partial charge in [0.05, 0.1) is 23.7 Å². The molecular weight excluding hydrogens is 511 g/mol. The second-order valence-electron chi connectivity index (χ2n) is 10.1. The van der Waals surface area contributed by atoms with Crippen molar-refractivity contribution >= 4 is 28.6 Å². The minimum atomic E-state index is -0.568. The van der Waals surface area contributed by atoms with Crippen LogP contribution in [0.15, 0.2) is 54.9 Å². The van der Waals surface area contributed by atoms with Crippen LogP contribution in [-0.2, 0) is 4.74 Å². The van der Waals surface area contributed by atoms with Gasteiger partial charge in [-0.05, 0) is 63.6 Å². The smallest absolute Gasteiger partial charge is 0.410 e. The SMILES string of the molecule is COc1cccc(Oc2ccc(-c3nn([C@@H]4CCN(C(=O)OC(C)(C)C)C4)c4c(Cl)cncc34)cc2)c1F. The van der Waals surface area contributed by atoms with Crippen LogP contribution in [0.2, 0.25) is 5.02 Å². The van der Waals surface area contributed by atoms with E-state index in [1.807, 2.05) is 37.6 Å². The number of carbonyl (C=O) groups excluding carboxylic acids is 1. The number of pyridine rings is 1. The molecule has 1 saturated heterocycles. The van der Waals surface area contributed by atoms with Crippen molar-refractivity contribution in [3.05, 3.63) is 65.7 Å². The molecule has 0 aliphatic carbocycles. The van der Waals surface area contributed by atoms with E-state index in [0.29, 0.717) is 36.0 Å². The number of halogens is 2. The zero-order valence-electron chi connectivity index (χ0n) is 21.6. The molecule has 1 atom stereocenters. The Labute approximate surface area is 224 Å². The molecule has 1 aliphatic heterocycles. The van der Waals surface area contributed by atoms with Gasteiger partial charge in [0.25, 0.3) is 0 Å². The quantitative estimate of drug-likeness (QED) is 0.276. The van der Waals surface area contributed by atoms with Crippen LogP contribution in [-0.4, -0.2) is 51.6 Å². The summed E-state index contributed by atoms with van der Waals surface area (Å²) < 4.78 is 32.7. The summed E-state index contributed by atoms with van der Waals surface area (Å²) in [6.45, 7) is 6.57. The lowest BCUT2D eigenvalue weighted by atomic mass is 10.1. The van der Waals surface area contributed by atoms with Crippen LogP contribution in [0, 0.1) is 5.82 Å². The topological polar surface area (TPSA) is 78.7 Å². The second kappa shape index (κ2) is 10.1. The van der Waals surface area contributed by atoms with Gasteiger partial charge in [0.1, 0.15) is 17.0 Å². The Kier molecular flexibility index (Phi) is 6.88. The van der Waals surface area contributed by atoms with Crippen molar-refractivity contribution in [2.75, 3.05) is 20.2 Å². The Morgan fingerprint density at radius 2 is 1.84 bits per heavy atom. The van der Waals surface area contributed by atoms with Crippen LogP contribution in [0.1, 0.15) is 33.2 Å². The fraction of sp³-hybridized carbons (Fsp3) is 0.321. The second-order valence-corrected chi connectivity index (χ2v) is 10.5. The number of fused-ring (bicyclic) bond motifs is 1. The van der Waals surface area contributed by atoms with Crippen LogP contribution < -0.4 is 9.47 Å². The highest BCUT2D eigenvalue weighted by Gasteiger charge is 2.33. The average Bonchev–Trinajstić information content (AvgIpc) is 3.51. The molecule has 5 rings (SSSR count). The van der Waals surface area contributed by atoms with Gasteiger partial charge in [0, 0.05) is 36.4 Å². The van der Waals surface area contributed by atoms with E-state index in [1.54, 1.807) is 35.5 Å². The molecule has 3 heterocycles. The maximum atomic E-state index is 14.5. The highest BCUT2D eigenvalue weighted by molar-refractivity contribution is 6.35. The Morgan fingerprint density at radius 3 is 2.55 bits per heavy atom. The van der Waals surface area contributed by atoms with Crippen molar-refractivity contribution in [1.29, 1.82) is 0 Å². The summed E-state index contributed by atoms with van der Waals surface area (Å²) in [6, 6.07) is 11.9. The molecule has 1 amide bonds. The van der Waals surface area contributed by atoms with Crippen molar-refractivity contribution in [3.63, 3.8) is 0 Å². The van der Waals surface area contributed by atoms with E-state index in [1.165, 1.54) is 19.2 Å². The molecule has 1 aliphatic rings. The first kappa shape index (κ1) is 25.8. The number of carbonyl (C=O) groups is 1. The number of likely N-dealkylation sites (tertiary alicyclic amines) is 1. The first-order chi connectivity index (χ1) is 18.1. The first-order valence-corrected chi connectivity index (χ1v) is 12.6. The molecule has 2 aromatic heterocycles. The van der Waals surface area contributed by atoms with Gasteiger partial charge in [0.2, 0.25) is 5.82 Å². The molecule has 0 saturated carbocycles. The van der Waals surface area contributed by atoms with Crippen molar-refractivity contribution in [2.45, 2.75) is 38.8 Å². The molecule has 2 aromatic carbocycles. The van der Waals surface area contributed by atoms with Gasteiger partial charge < -0.3 is 19.1 Å². The molecule has 1 fully saturated rings. The standard InChI is InChI=1S/C28H28ClFN4O4/c1-28(2,3)38-27(35)33-13-12-18(16-33)34-26-20(14-31-15-21(26)29)25(32-34)17-8-10-19(11-9-17)37-23-7-5-6-22(36-4)24(23)30/h5-11,14-15,18H,12-13,16H2,1-4H3/t18-/m1/s1. The summed E-state index contributed by atoms with van der Waals surface area (Å²) in [6.07, 6.45) is 3.70. The molecular formula is C28H28ClFN4O4. The number of hydrogen-bond donors (Lipinski definition) is 0. The lowest BCUT2D eigenvalue weighted by molar-refractivity contribution is 0.0288. The first-order valence-electron chi connectivity index (χ1n) is 12.2. The van der Waals surface area contributed by atoms with Crippen molar-refractivity contribution in [2.24, 2.45) is 0 Å². The average molecular weight is 539 g/mol. The minimum absolute atomic E-state index is 0.0681. The molecule has 198 valence electrons. The number of benzene rings is 2. The molecule has 0 spiro atoms. The van der Waals surface area contributed by atoms with E-state index >= 15 is 0 Å². The number of amides is 1. The maximum absolute atomic E-state index is 14.5. The lowest BCUT2D eigenvalue weighted by Gasteiger charge is -2.24. The molecule has 0 unspecified atom stereocenters. The Morgan fingerprint density at radius 1 is 1.11 bits per heavy atom. The van der Waals surface area contributed by atoms with Gasteiger partial charge in [-0.25, -0.2) is 4.79 Å². The third kappa shape index (κ3) is 5.11. The molecule has 0 radical (unpaired) electrons. The van der Waals surface area contributed by atoms with Crippen molar-refractivity contribution in [1.82, 2.24) is 19.7 Å². The predicted molar refractivity (Wildman–Crippen MR) is 142 cm³/mol. The van der Waals surface area contributed by atoms with Crippen molar-refractivity contribution < 1.29 is 23.4 Å². The Balaban J connectivity index is 1.43. The Hall–Kier alpha value is -3.85. The third-order valence-electron chi connectivity index (χ3n) is 6.23. The fourth-order valence-electron chi connectivity index (χ4n) is 4.49. The summed E-state index contributed by atoms with van der Waals surface area (Å²) in [5.74, 6) is 0.0716. The van der Waals surface area contributed by atoms with Gasteiger partial charge in [-0.2, -0.15) is 9.49 Å². The van der Waals surface area contributed by atoms with Crippen LogP contribution in [0.4, 0.5) is 9.18 Å². The van der Waals surface area contributed by atoms with E-state index in [9.17, 15) is 9.18 Å². The number of hydrogen-bond acceptors (Lipinski definition) is 6. The predicted octanol–water partition coefficient (Wildman–Crippen LogP) is 6.87. The van der Waals surface area contributed by atoms with Gasteiger partial charge in [-0.3, -0.25) is 9.67 Å². The maximum Gasteiger partial charge on any atom is 0.410 e. The molecule has 4 aromatic rings. The molecule has 8 nitrogen and oxygen atoms in total. The molecule has 38 heavy (non-hydrogen) atoms. The normalized spacial score (nSPS) is 15.6. The van der Waals surface area contributed by atoms with Gasteiger partial charge in [0.15, 0.2) is 11.5 Å². The molecule has 0 N–H and O–H groups in total. The summed E-state index contributed by atoms with van der Waals surface area (Å²) in [4.78, 5) is 18.6. The number of nitrogens with zero attached hydrogens (tertiary/aromatic N) is 4. The van der Waals surface area contributed by atoms with E-state index in [2.05, 4.69) is 4.98 Å². The lowest BCUT2D eigenvalue weighted by Crippen LogP contribution is -2.35. The van der Waals surface area contributed by atoms with Gasteiger partial charge in [-0.15, -0.1) is 0 Å². The summed E-state index contributed by atoms with van der Waals surface area (Å²) in [5.41, 5.74) is 1.71. The number of methoxy groups -OCH3 is 1. The highest BCUT2D eigenvalue weighted by atomic mass is 35.5. The van der Waals surface area contributed by atoms with E-state index in [0.717, 1.165) is 16.5 Å². The third-order valence-corrected chi connectivity index (χ3v) is 6.51. The van der Waals surface area contributed by atoms with Crippen LogP contribution in [0.3, 0.4) is 0 Å². The van der Waals surface area contributed by atoms with E-state index < -0.39 is 11.4 Å². The van der Waals surface area contributed by atoms with Crippen LogP contribution in [0.25, 0.3) is 22.2 Å². The largest absolute Gasteiger partial charge is 0.494 e. The van der Waals surface area contributed by atoms with Crippen LogP contribution in [0.5, 0.6) is 17.2 Å². The minimum Gasteiger partial charge on any atom is -0.494 e. The van der Waals surface area contributed by atoms with Gasteiger partial charge >= 0.3 is 6.09 Å². The number of rotatable bonds is 5.